The van der Waals surface area contributed by atoms with Crippen LogP contribution in [0, 0.1) is 0 Å². The number of benzene rings is 1. The van der Waals surface area contributed by atoms with Crippen LogP contribution >= 0.6 is 0 Å². The maximum Gasteiger partial charge on any atom is 0.407 e. The quantitative estimate of drug-likeness (QED) is 0.800. The van der Waals surface area contributed by atoms with Crippen LogP contribution in [-0.2, 0) is 20.7 Å². The molecule has 0 spiro atoms. The monoisotopic (exact) mass is 281 g/mol. The fourth-order valence-corrected chi connectivity index (χ4v) is 1.80. The molecule has 1 aromatic rings. The molecule has 1 N–H and O–H groups in total. The first-order chi connectivity index (χ1) is 9.62. The average Bonchev–Trinajstić information content (AvgIpc) is 2.50. The molecule has 0 saturated heterocycles. The molecule has 0 aliphatic heterocycles. The number of carbonyl (C=O) groups excluding carboxylic acids is 2. The van der Waals surface area contributed by atoms with E-state index in [4.69, 9.17) is 4.74 Å². The number of methoxy groups -OCH3 is 3. The molecule has 0 heterocycles. The molecule has 0 radical (unpaired) electrons. The fourth-order valence-electron chi connectivity index (χ4n) is 1.80. The molecular formula is C14H19NO5. The maximum atomic E-state index is 11.6. The van der Waals surface area contributed by atoms with E-state index in [1.54, 1.807) is 7.11 Å². The topological polar surface area (TPSA) is 73.9 Å². The first-order valence-corrected chi connectivity index (χ1v) is 6.16. The summed E-state index contributed by atoms with van der Waals surface area (Å²) in [6, 6.07) is 6.75. The lowest BCUT2D eigenvalue weighted by atomic mass is 10.0. The van der Waals surface area contributed by atoms with Gasteiger partial charge < -0.3 is 19.5 Å². The van der Waals surface area contributed by atoms with E-state index in [9.17, 15) is 9.59 Å². The summed E-state index contributed by atoms with van der Waals surface area (Å²) in [6.45, 7) is 0. The molecule has 0 unspecified atom stereocenters. The van der Waals surface area contributed by atoms with E-state index < -0.39 is 18.1 Å². The summed E-state index contributed by atoms with van der Waals surface area (Å²) in [4.78, 5) is 22.8. The van der Waals surface area contributed by atoms with Crippen LogP contribution < -0.4 is 10.1 Å². The summed E-state index contributed by atoms with van der Waals surface area (Å²) in [5.41, 5.74) is 0.954. The second-order valence-electron chi connectivity index (χ2n) is 4.06. The lowest BCUT2D eigenvalue weighted by Gasteiger charge is -2.16. The van der Waals surface area contributed by atoms with Crippen LogP contribution in [0.15, 0.2) is 24.3 Å². The summed E-state index contributed by atoms with van der Waals surface area (Å²) in [5, 5.41) is 2.45. The zero-order chi connectivity index (χ0) is 15.0. The molecule has 0 aromatic heterocycles. The predicted octanol–water partition coefficient (Wildman–Crippen LogP) is 1.53. The Morgan fingerprint density at radius 2 is 1.85 bits per heavy atom. The highest BCUT2D eigenvalue weighted by Crippen LogP contribution is 2.19. The van der Waals surface area contributed by atoms with E-state index in [-0.39, 0.29) is 0 Å². The van der Waals surface area contributed by atoms with E-state index in [1.807, 2.05) is 24.3 Å². The Labute approximate surface area is 118 Å². The van der Waals surface area contributed by atoms with Crippen LogP contribution in [0.4, 0.5) is 4.79 Å². The Bertz CT molecular complexity index is 461. The van der Waals surface area contributed by atoms with Crippen molar-refractivity contribution in [1.29, 1.82) is 0 Å². The molecule has 1 aromatic carbocycles. The number of para-hydroxylation sites is 1. The average molecular weight is 281 g/mol. The molecule has 1 rings (SSSR count). The molecule has 0 fully saturated rings. The van der Waals surface area contributed by atoms with Gasteiger partial charge in [-0.25, -0.2) is 9.59 Å². The van der Waals surface area contributed by atoms with Crippen molar-refractivity contribution in [1.82, 2.24) is 5.32 Å². The summed E-state index contributed by atoms with van der Waals surface area (Å²) in [5.74, 6) is 0.236. The van der Waals surface area contributed by atoms with Gasteiger partial charge >= 0.3 is 12.1 Å². The Morgan fingerprint density at radius 3 is 2.45 bits per heavy atom. The van der Waals surface area contributed by atoms with Gasteiger partial charge in [0.1, 0.15) is 11.8 Å². The van der Waals surface area contributed by atoms with Gasteiger partial charge in [-0.15, -0.1) is 0 Å². The van der Waals surface area contributed by atoms with Crippen molar-refractivity contribution >= 4 is 12.1 Å². The second-order valence-corrected chi connectivity index (χ2v) is 4.06. The summed E-state index contributed by atoms with van der Waals surface area (Å²) in [6.07, 6.45) is 0.288. The fraction of sp³-hybridized carbons (Fsp3) is 0.429. The van der Waals surface area contributed by atoms with Crippen LogP contribution in [0.3, 0.4) is 0 Å². The number of carbonyl (C=O) groups is 2. The molecule has 6 nitrogen and oxygen atoms in total. The van der Waals surface area contributed by atoms with Crippen molar-refractivity contribution < 1.29 is 23.8 Å². The molecule has 1 atom stereocenters. The SMILES string of the molecule is COC(=O)N[C@@H](CCc1ccccc1OC)C(=O)OC. The van der Waals surface area contributed by atoms with Crippen molar-refractivity contribution in [2.45, 2.75) is 18.9 Å². The maximum absolute atomic E-state index is 11.6. The number of hydrogen-bond acceptors (Lipinski definition) is 5. The van der Waals surface area contributed by atoms with Crippen molar-refractivity contribution in [2.75, 3.05) is 21.3 Å². The van der Waals surface area contributed by atoms with E-state index in [0.29, 0.717) is 12.8 Å². The third-order valence-corrected chi connectivity index (χ3v) is 2.86. The van der Waals surface area contributed by atoms with E-state index in [1.165, 1.54) is 14.2 Å². The lowest BCUT2D eigenvalue weighted by molar-refractivity contribution is -0.143. The molecule has 0 aliphatic carbocycles. The van der Waals surface area contributed by atoms with Gasteiger partial charge in [-0.2, -0.15) is 0 Å². The van der Waals surface area contributed by atoms with Gasteiger partial charge in [-0.05, 0) is 24.5 Å². The zero-order valence-corrected chi connectivity index (χ0v) is 11.8. The molecule has 1 amide bonds. The number of nitrogens with one attached hydrogen (secondary N) is 1. The molecule has 0 bridgehead atoms. The Hall–Kier alpha value is -2.24. The first-order valence-electron chi connectivity index (χ1n) is 6.16. The first kappa shape index (κ1) is 15.8. The number of rotatable bonds is 6. The number of aryl methyl sites for hydroxylation is 1. The molecular weight excluding hydrogens is 262 g/mol. The van der Waals surface area contributed by atoms with Crippen molar-refractivity contribution in [3.63, 3.8) is 0 Å². The van der Waals surface area contributed by atoms with Crippen LogP contribution in [0.5, 0.6) is 5.75 Å². The highest BCUT2D eigenvalue weighted by molar-refractivity contribution is 5.81. The Morgan fingerprint density at radius 1 is 1.15 bits per heavy atom. The van der Waals surface area contributed by atoms with Crippen molar-refractivity contribution in [3.05, 3.63) is 29.8 Å². The number of hydrogen-bond donors (Lipinski definition) is 1. The predicted molar refractivity (Wildman–Crippen MR) is 72.7 cm³/mol. The van der Waals surface area contributed by atoms with E-state index in [2.05, 4.69) is 14.8 Å². The number of esters is 1. The van der Waals surface area contributed by atoms with Gasteiger partial charge in [0.2, 0.25) is 0 Å². The highest BCUT2D eigenvalue weighted by Gasteiger charge is 2.22. The summed E-state index contributed by atoms with van der Waals surface area (Å²) < 4.78 is 14.4. The van der Waals surface area contributed by atoms with Gasteiger partial charge in [-0.1, -0.05) is 18.2 Å². The Kier molecular flexibility index (Phi) is 6.36. The highest BCUT2D eigenvalue weighted by atomic mass is 16.5. The van der Waals surface area contributed by atoms with Crippen LogP contribution in [0.1, 0.15) is 12.0 Å². The molecule has 20 heavy (non-hydrogen) atoms. The minimum atomic E-state index is -0.752. The second kappa shape index (κ2) is 8.04. The van der Waals surface area contributed by atoms with Crippen LogP contribution in [0.2, 0.25) is 0 Å². The largest absolute Gasteiger partial charge is 0.496 e. The standard InChI is InChI=1S/C14H19NO5/c1-18-12-7-5-4-6-10(12)8-9-11(13(16)19-2)15-14(17)20-3/h4-7,11H,8-9H2,1-3H3,(H,15,17)/t11-/m0/s1. The normalized spacial score (nSPS) is 11.3. The number of alkyl carbamates (subject to hydrolysis) is 1. The van der Waals surface area contributed by atoms with Gasteiger partial charge in [0.05, 0.1) is 21.3 Å². The smallest absolute Gasteiger partial charge is 0.407 e. The Balaban J connectivity index is 2.70. The van der Waals surface area contributed by atoms with E-state index >= 15 is 0 Å². The summed E-state index contributed by atoms with van der Waals surface area (Å²) in [7, 11) is 4.10. The molecule has 6 heteroatoms. The number of ether oxygens (including phenoxy) is 3. The van der Waals surface area contributed by atoms with E-state index in [0.717, 1.165) is 11.3 Å². The van der Waals surface area contributed by atoms with Crippen molar-refractivity contribution in [3.8, 4) is 5.75 Å². The minimum absolute atomic E-state index is 0.391. The van der Waals surface area contributed by atoms with Crippen LogP contribution in [-0.4, -0.2) is 39.4 Å². The minimum Gasteiger partial charge on any atom is -0.496 e. The molecule has 110 valence electrons. The molecule has 0 aliphatic rings. The van der Waals surface area contributed by atoms with Gasteiger partial charge in [0, 0.05) is 0 Å². The van der Waals surface area contributed by atoms with Crippen molar-refractivity contribution in [2.24, 2.45) is 0 Å². The molecule has 0 saturated carbocycles. The third kappa shape index (κ3) is 4.46. The zero-order valence-electron chi connectivity index (χ0n) is 11.8. The van der Waals surface area contributed by atoms with Gasteiger partial charge in [0.15, 0.2) is 0 Å². The van der Waals surface area contributed by atoms with Gasteiger partial charge in [-0.3, -0.25) is 0 Å². The third-order valence-electron chi connectivity index (χ3n) is 2.86. The summed E-state index contributed by atoms with van der Waals surface area (Å²) >= 11 is 0. The number of amides is 1. The van der Waals surface area contributed by atoms with Gasteiger partial charge in [0.25, 0.3) is 0 Å². The lowest BCUT2D eigenvalue weighted by Crippen LogP contribution is -2.41. The van der Waals surface area contributed by atoms with Crippen LogP contribution in [0.25, 0.3) is 0 Å².